The summed E-state index contributed by atoms with van der Waals surface area (Å²) in [5.41, 5.74) is 2.95. The van der Waals surface area contributed by atoms with Crippen molar-refractivity contribution in [1.82, 2.24) is 4.57 Å². The van der Waals surface area contributed by atoms with Crippen molar-refractivity contribution >= 4 is 23.3 Å². The van der Waals surface area contributed by atoms with Crippen LogP contribution in [0.2, 0.25) is 0 Å². The summed E-state index contributed by atoms with van der Waals surface area (Å²) in [6.45, 7) is 0. The van der Waals surface area contributed by atoms with Gasteiger partial charge in [0.25, 0.3) is 0 Å². The molecule has 2 rings (SSSR count). The summed E-state index contributed by atoms with van der Waals surface area (Å²) in [4.78, 5) is 33.9. The van der Waals surface area contributed by atoms with Crippen LogP contribution in [-0.2, 0) is 9.47 Å². The van der Waals surface area contributed by atoms with Crippen LogP contribution in [-0.4, -0.2) is 35.6 Å². The Hall–Kier alpha value is -3.94. The largest absolute Gasteiger partial charge is 0.465 e. The minimum absolute atomic E-state index is 0.139. The van der Waals surface area contributed by atoms with Gasteiger partial charge >= 0.3 is 17.6 Å². The van der Waals surface area contributed by atoms with Crippen molar-refractivity contribution in [2.24, 2.45) is 0 Å². The third kappa shape index (κ3) is 2.80. The van der Waals surface area contributed by atoms with Crippen LogP contribution in [0.1, 0.15) is 26.4 Å². The minimum Gasteiger partial charge on any atom is -0.465 e. The van der Waals surface area contributed by atoms with Crippen molar-refractivity contribution in [3.8, 4) is 11.8 Å². The molecule has 0 fully saturated rings. The molecule has 2 N–H and O–H groups in total. The Labute approximate surface area is 145 Å². The second-order valence-electron chi connectivity index (χ2n) is 4.82. The van der Waals surface area contributed by atoms with Crippen molar-refractivity contribution in [3.63, 3.8) is 0 Å². The number of ether oxygens (including phenoxy) is 2. The van der Waals surface area contributed by atoms with E-state index in [9.17, 15) is 24.1 Å². The van der Waals surface area contributed by atoms with Gasteiger partial charge in [-0.3, -0.25) is 10.1 Å². The second kappa shape index (κ2) is 6.89. The molecule has 1 heterocycles. The molecule has 0 saturated carbocycles. The number of anilines is 1. The fraction of sp³-hybridized carbons (Fsp3) is 0.133. The third-order valence-corrected chi connectivity index (χ3v) is 3.49. The lowest BCUT2D eigenvalue weighted by molar-refractivity contribution is -0.387. The number of carbonyl (C=O) groups is 2. The lowest BCUT2D eigenvalue weighted by Crippen LogP contribution is -2.16. The molecule has 2 aromatic rings. The summed E-state index contributed by atoms with van der Waals surface area (Å²) in [5.74, 6) is -3.64. The first-order valence-electron chi connectivity index (χ1n) is 6.83. The number of carbonyl (C=O) groups excluding carboxylic acids is 2. The van der Waals surface area contributed by atoms with Crippen molar-refractivity contribution in [3.05, 3.63) is 51.1 Å². The number of nitrogens with two attached hydrogens (primary N) is 1. The van der Waals surface area contributed by atoms with Gasteiger partial charge < -0.3 is 19.8 Å². The Morgan fingerprint density at radius 1 is 1.31 bits per heavy atom. The molecule has 134 valence electrons. The average molecular weight is 362 g/mol. The first-order valence-corrected chi connectivity index (χ1v) is 6.83. The van der Waals surface area contributed by atoms with Gasteiger partial charge in [-0.2, -0.15) is 9.65 Å². The molecule has 10 nitrogen and oxygen atoms in total. The van der Waals surface area contributed by atoms with Gasteiger partial charge in [0.05, 0.1) is 36.1 Å². The van der Waals surface area contributed by atoms with Crippen molar-refractivity contribution in [2.75, 3.05) is 20.0 Å². The molecule has 1 aromatic carbocycles. The van der Waals surface area contributed by atoms with Gasteiger partial charge in [-0.15, -0.1) is 0 Å². The summed E-state index contributed by atoms with van der Waals surface area (Å²) >= 11 is 0. The topological polar surface area (TPSA) is 150 Å². The molecule has 0 aliphatic carbocycles. The van der Waals surface area contributed by atoms with Gasteiger partial charge in [0, 0.05) is 12.3 Å². The van der Waals surface area contributed by atoms with E-state index in [0.29, 0.717) is 0 Å². The highest BCUT2D eigenvalue weighted by molar-refractivity contribution is 5.99. The number of hydrogen-bond acceptors (Lipinski definition) is 8. The van der Waals surface area contributed by atoms with E-state index in [4.69, 9.17) is 11.0 Å². The Morgan fingerprint density at radius 2 is 1.92 bits per heavy atom. The van der Waals surface area contributed by atoms with Gasteiger partial charge in [0.2, 0.25) is 5.82 Å². The predicted octanol–water partition coefficient (Wildman–Crippen LogP) is 1.55. The molecule has 0 atom stereocenters. The Morgan fingerprint density at radius 3 is 2.42 bits per heavy atom. The van der Waals surface area contributed by atoms with Crippen molar-refractivity contribution in [2.45, 2.75) is 0 Å². The quantitative estimate of drug-likeness (QED) is 0.489. The van der Waals surface area contributed by atoms with Crippen LogP contribution >= 0.6 is 0 Å². The number of nitrogen functional groups attached to an aromatic ring is 1. The maximum absolute atomic E-state index is 14.5. The second-order valence-corrected chi connectivity index (χ2v) is 4.82. The number of hydrogen-bond donors (Lipinski definition) is 1. The van der Waals surface area contributed by atoms with Crippen LogP contribution in [0.4, 0.5) is 15.8 Å². The normalized spacial score (nSPS) is 10.1. The highest BCUT2D eigenvalue weighted by Gasteiger charge is 2.30. The molecule has 0 radical (unpaired) electrons. The fourth-order valence-electron chi connectivity index (χ4n) is 2.30. The summed E-state index contributed by atoms with van der Waals surface area (Å²) in [6, 6.07) is 3.57. The first kappa shape index (κ1) is 18.4. The molecule has 26 heavy (non-hydrogen) atoms. The van der Waals surface area contributed by atoms with Crippen LogP contribution in [0, 0.1) is 27.3 Å². The van der Waals surface area contributed by atoms with Crippen molar-refractivity contribution in [1.29, 1.82) is 5.26 Å². The zero-order chi connectivity index (χ0) is 19.6. The molecule has 0 saturated heterocycles. The number of rotatable bonds is 4. The van der Waals surface area contributed by atoms with Gasteiger partial charge in [0.1, 0.15) is 11.6 Å². The zero-order valence-corrected chi connectivity index (χ0v) is 13.5. The smallest absolute Gasteiger partial charge is 0.357 e. The molecular weight excluding hydrogens is 351 g/mol. The zero-order valence-electron chi connectivity index (χ0n) is 13.5. The molecule has 0 bridgehead atoms. The Bertz CT molecular complexity index is 975. The molecule has 0 aliphatic heterocycles. The van der Waals surface area contributed by atoms with E-state index in [1.54, 1.807) is 6.07 Å². The number of nitrogens with zero attached hydrogens (tertiary/aromatic N) is 3. The number of nitro groups is 1. The third-order valence-electron chi connectivity index (χ3n) is 3.49. The first-order chi connectivity index (χ1) is 12.3. The average Bonchev–Trinajstić information content (AvgIpc) is 2.96. The van der Waals surface area contributed by atoms with Gasteiger partial charge in [-0.05, 0) is 6.07 Å². The van der Waals surface area contributed by atoms with Gasteiger partial charge in [-0.25, -0.2) is 9.59 Å². The van der Waals surface area contributed by atoms with E-state index in [0.717, 1.165) is 37.1 Å². The molecular formula is C15H11FN4O6. The lowest BCUT2D eigenvalue weighted by Gasteiger charge is -2.13. The lowest BCUT2D eigenvalue weighted by atomic mass is 10.1. The summed E-state index contributed by atoms with van der Waals surface area (Å²) in [6.07, 6.45) is 1.08. The molecule has 0 spiro atoms. The summed E-state index contributed by atoms with van der Waals surface area (Å²) in [5, 5.41) is 20.0. The maximum Gasteiger partial charge on any atom is 0.357 e. The van der Waals surface area contributed by atoms with Crippen LogP contribution in [0.25, 0.3) is 5.69 Å². The Kier molecular flexibility index (Phi) is 4.88. The van der Waals surface area contributed by atoms with E-state index in [1.807, 2.05) is 0 Å². The minimum atomic E-state index is -1.46. The molecule has 1 aromatic heterocycles. The summed E-state index contributed by atoms with van der Waals surface area (Å²) < 4.78 is 24.6. The predicted molar refractivity (Wildman–Crippen MR) is 84.2 cm³/mol. The van der Waals surface area contributed by atoms with E-state index in [-0.39, 0.29) is 22.6 Å². The number of halogens is 1. The maximum atomic E-state index is 14.5. The number of aromatic nitrogens is 1. The Balaban J connectivity index is 2.92. The van der Waals surface area contributed by atoms with Gasteiger partial charge in [0.15, 0.2) is 5.69 Å². The van der Waals surface area contributed by atoms with Crippen LogP contribution < -0.4 is 5.73 Å². The standard InChI is InChI=1S/C15H11FN4O6/c1-25-14(21)10-8(3-4-9(11(10)16)20(23)24)19-6-7(5-17)12(18)13(19)15(22)26-2/h3-4,6H,18H2,1-2H3. The van der Waals surface area contributed by atoms with Crippen LogP contribution in [0.5, 0.6) is 0 Å². The molecule has 0 amide bonds. The van der Waals surface area contributed by atoms with Crippen molar-refractivity contribution < 1.29 is 28.4 Å². The van der Waals surface area contributed by atoms with Crippen LogP contribution in [0.3, 0.4) is 0 Å². The molecule has 0 aliphatic rings. The van der Waals surface area contributed by atoms with E-state index < -0.39 is 33.9 Å². The van der Waals surface area contributed by atoms with Gasteiger partial charge in [-0.1, -0.05) is 0 Å². The van der Waals surface area contributed by atoms with E-state index >= 15 is 0 Å². The number of nitro benzene ring substituents is 1. The molecule has 11 heteroatoms. The number of benzene rings is 1. The number of methoxy groups -OCH3 is 2. The fourth-order valence-corrected chi connectivity index (χ4v) is 2.30. The SMILES string of the molecule is COC(=O)c1c(-n2cc(C#N)c(N)c2C(=O)OC)ccc([N+](=O)[O-])c1F. The number of nitriles is 1. The number of esters is 2. The molecule has 0 unspecified atom stereocenters. The van der Waals surface area contributed by atoms with E-state index in [1.165, 1.54) is 0 Å². The van der Waals surface area contributed by atoms with E-state index in [2.05, 4.69) is 9.47 Å². The highest BCUT2D eigenvalue weighted by Crippen LogP contribution is 2.31. The monoisotopic (exact) mass is 362 g/mol. The summed E-state index contributed by atoms with van der Waals surface area (Å²) in [7, 11) is 2.01. The van der Waals surface area contributed by atoms with Crippen LogP contribution in [0.15, 0.2) is 18.3 Å². The highest BCUT2D eigenvalue weighted by atomic mass is 19.1.